The smallest absolute Gasteiger partial charge is 0.272 e. The van der Waals surface area contributed by atoms with Gasteiger partial charge in [-0.15, -0.1) is 0 Å². The molecule has 6 rings (SSSR count). The number of nitrogens with zero attached hydrogens (tertiary/aromatic N) is 5. The summed E-state index contributed by atoms with van der Waals surface area (Å²) in [7, 11) is 0. The lowest BCUT2D eigenvalue weighted by molar-refractivity contribution is 0.0645. The summed E-state index contributed by atoms with van der Waals surface area (Å²) in [5, 5.41) is 12.1. The summed E-state index contributed by atoms with van der Waals surface area (Å²) in [4.78, 5) is 50.0. The summed E-state index contributed by atoms with van der Waals surface area (Å²) < 4.78 is 0. The van der Waals surface area contributed by atoms with Crippen molar-refractivity contribution < 1.29 is 14.4 Å². The van der Waals surface area contributed by atoms with Gasteiger partial charge in [-0.05, 0) is 92.6 Å². The predicted molar refractivity (Wildman–Crippen MR) is 172 cm³/mol. The van der Waals surface area contributed by atoms with Gasteiger partial charge in [0.25, 0.3) is 11.8 Å². The zero-order chi connectivity index (χ0) is 31.2. The Hall–Kier alpha value is -4.55. The molecule has 4 heterocycles. The van der Waals surface area contributed by atoms with E-state index in [2.05, 4.69) is 38.3 Å². The van der Waals surface area contributed by atoms with Gasteiger partial charge in [-0.25, -0.2) is 0 Å². The molecular weight excluding hydrogens is 564 g/mol. The van der Waals surface area contributed by atoms with Crippen LogP contribution in [0.1, 0.15) is 80.9 Å². The van der Waals surface area contributed by atoms with Crippen molar-refractivity contribution in [3.05, 3.63) is 94.8 Å². The van der Waals surface area contributed by atoms with Gasteiger partial charge < -0.3 is 15.1 Å². The second-order valence-electron chi connectivity index (χ2n) is 12.4. The maximum Gasteiger partial charge on any atom is 0.272 e. The molecule has 9 nitrogen and oxygen atoms in total. The first-order valence-corrected chi connectivity index (χ1v) is 16.1. The molecule has 45 heavy (non-hydrogen) atoms. The van der Waals surface area contributed by atoms with E-state index in [1.807, 2.05) is 36.4 Å². The lowest BCUT2D eigenvalue weighted by Gasteiger charge is -2.32. The summed E-state index contributed by atoms with van der Waals surface area (Å²) in [6.07, 6.45) is 6.89. The Bertz CT molecular complexity index is 1530. The summed E-state index contributed by atoms with van der Waals surface area (Å²) >= 11 is 0. The number of piperidine rings is 2. The van der Waals surface area contributed by atoms with Crippen LogP contribution in [0.5, 0.6) is 0 Å². The monoisotopic (exact) mass is 604 g/mol. The number of ketones is 1. The molecule has 2 aromatic carbocycles. The van der Waals surface area contributed by atoms with E-state index in [4.69, 9.17) is 5.26 Å². The van der Waals surface area contributed by atoms with Crippen LogP contribution in [0.4, 0.5) is 5.69 Å². The number of benzene rings is 2. The average molecular weight is 605 g/mol. The van der Waals surface area contributed by atoms with Gasteiger partial charge in [0.1, 0.15) is 5.69 Å². The third kappa shape index (κ3) is 7.40. The third-order valence-corrected chi connectivity index (χ3v) is 9.43. The zero-order valence-electron chi connectivity index (χ0n) is 25.7. The van der Waals surface area contributed by atoms with Gasteiger partial charge in [0.05, 0.1) is 17.2 Å². The molecule has 3 saturated heterocycles. The quantitative estimate of drug-likeness (QED) is 0.372. The van der Waals surface area contributed by atoms with E-state index in [-0.39, 0.29) is 29.6 Å². The molecule has 3 aromatic rings. The number of hydrogen-bond donors (Lipinski definition) is 1. The number of carbonyl (C=O) groups excluding carboxylic acids is 3. The number of nitrogens with one attached hydrogen (secondary N) is 1. The van der Waals surface area contributed by atoms with E-state index < -0.39 is 0 Å². The van der Waals surface area contributed by atoms with Gasteiger partial charge in [0.2, 0.25) is 0 Å². The second-order valence-corrected chi connectivity index (χ2v) is 12.4. The summed E-state index contributed by atoms with van der Waals surface area (Å²) in [5.74, 6) is -0.286. The van der Waals surface area contributed by atoms with Crippen LogP contribution in [0.3, 0.4) is 0 Å². The van der Waals surface area contributed by atoms with Crippen LogP contribution in [0.15, 0.2) is 66.9 Å². The van der Waals surface area contributed by atoms with Crippen molar-refractivity contribution in [3.8, 4) is 6.07 Å². The van der Waals surface area contributed by atoms with E-state index in [9.17, 15) is 14.4 Å². The number of nitriles is 1. The maximum atomic E-state index is 13.2. The number of hydrogen-bond acceptors (Lipinski definition) is 7. The highest BCUT2D eigenvalue weighted by atomic mass is 16.2. The minimum atomic E-state index is -0.181. The summed E-state index contributed by atoms with van der Waals surface area (Å²) in [5.41, 5.74) is 4.50. The van der Waals surface area contributed by atoms with Gasteiger partial charge in [-0.1, -0.05) is 12.1 Å². The Balaban J connectivity index is 0.940. The third-order valence-electron chi connectivity index (χ3n) is 9.43. The zero-order valence-corrected chi connectivity index (χ0v) is 25.7. The first kappa shape index (κ1) is 30.5. The second kappa shape index (κ2) is 14.0. The van der Waals surface area contributed by atoms with Gasteiger partial charge in [-0.3, -0.25) is 24.3 Å². The minimum Gasteiger partial charge on any atom is -0.372 e. The number of carbonyl (C=O) groups is 3. The molecule has 0 atom stereocenters. The van der Waals surface area contributed by atoms with E-state index >= 15 is 0 Å². The molecule has 1 aromatic heterocycles. The van der Waals surface area contributed by atoms with Crippen molar-refractivity contribution in [1.82, 2.24) is 20.1 Å². The lowest BCUT2D eigenvalue weighted by atomic mass is 9.88. The van der Waals surface area contributed by atoms with Crippen LogP contribution in [0.2, 0.25) is 0 Å². The van der Waals surface area contributed by atoms with Gasteiger partial charge >= 0.3 is 0 Å². The Labute approximate surface area is 264 Å². The molecular formula is C36H40N6O3. The molecule has 232 valence electrons. The van der Waals surface area contributed by atoms with Gasteiger partial charge in [-0.2, -0.15) is 5.26 Å². The topological polar surface area (TPSA) is 110 Å². The molecule has 0 unspecified atom stereocenters. The Morgan fingerprint density at radius 1 is 0.800 bits per heavy atom. The molecule has 1 N–H and O–H groups in total. The first-order valence-electron chi connectivity index (χ1n) is 16.1. The van der Waals surface area contributed by atoms with Crippen LogP contribution < -0.4 is 10.2 Å². The number of pyridine rings is 1. The highest BCUT2D eigenvalue weighted by Gasteiger charge is 2.29. The molecule has 3 fully saturated rings. The lowest BCUT2D eigenvalue weighted by Crippen LogP contribution is -2.44. The van der Waals surface area contributed by atoms with Crippen molar-refractivity contribution in [3.63, 3.8) is 0 Å². The van der Waals surface area contributed by atoms with Gasteiger partial charge in [0, 0.05) is 75.2 Å². The van der Waals surface area contributed by atoms with Crippen molar-refractivity contribution in [1.29, 1.82) is 5.26 Å². The van der Waals surface area contributed by atoms with Crippen molar-refractivity contribution >= 4 is 23.3 Å². The molecule has 0 spiro atoms. The molecule has 3 aliphatic heterocycles. The van der Waals surface area contributed by atoms with Crippen LogP contribution >= 0.6 is 0 Å². The van der Waals surface area contributed by atoms with Gasteiger partial charge in [0.15, 0.2) is 5.78 Å². The van der Waals surface area contributed by atoms with Crippen molar-refractivity contribution in [2.45, 2.75) is 51.1 Å². The fourth-order valence-electron chi connectivity index (χ4n) is 6.66. The molecule has 3 aliphatic rings. The molecule has 0 aliphatic carbocycles. The SMILES string of the molecule is N#Cc1ccc(CN2CCC(NC(=O)c3ccc(C(=O)N4CCC(C(=O)c5ccc(N6CCCC6)cc5)CC4)nc3)CC2)cc1. The molecule has 9 heteroatoms. The maximum absolute atomic E-state index is 13.2. The Morgan fingerprint density at radius 2 is 1.47 bits per heavy atom. The molecule has 0 saturated carbocycles. The predicted octanol–water partition coefficient (Wildman–Crippen LogP) is 4.68. The number of rotatable bonds is 8. The minimum absolute atomic E-state index is 0.0861. The first-order chi connectivity index (χ1) is 22.0. The van der Waals surface area contributed by atoms with E-state index in [1.165, 1.54) is 30.3 Å². The van der Waals surface area contributed by atoms with Crippen LogP contribution in [-0.2, 0) is 6.54 Å². The summed E-state index contributed by atoms with van der Waals surface area (Å²) in [6, 6.07) is 21.2. The highest BCUT2D eigenvalue weighted by molar-refractivity contribution is 5.99. The standard InChI is InChI=1S/C36H40N6O3/c37-23-26-3-5-27(6-4-26)25-40-19-15-31(16-20-40)39-35(44)30-9-12-33(38-24-30)36(45)42-21-13-29(14-22-42)34(43)28-7-10-32(11-8-28)41-17-1-2-18-41/h3-12,24,29,31H,1-2,13-22,25H2,(H,39,44). The van der Waals surface area contributed by atoms with Crippen LogP contribution in [-0.4, -0.2) is 77.7 Å². The van der Waals surface area contributed by atoms with Crippen molar-refractivity contribution in [2.75, 3.05) is 44.2 Å². The number of aromatic nitrogens is 1. The fourth-order valence-corrected chi connectivity index (χ4v) is 6.66. The van der Waals surface area contributed by atoms with E-state index in [0.29, 0.717) is 42.8 Å². The summed E-state index contributed by atoms with van der Waals surface area (Å²) in [6.45, 7) is 5.76. The Kier molecular flexibility index (Phi) is 9.51. The Morgan fingerprint density at radius 3 is 2.09 bits per heavy atom. The van der Waals surface area contributed by atoms with E-state index in [1.54, 1.807) is 17.0 Å². The fraction of sp³-hybridized carbons (Fsp3) is 0.417. The van der Waals surface area contributed by atoms with Crippen molar-refractivity contribution in [2.24, 2.45) is 5.92 Å². The largest absolute Gasteiger partial charge is 0.372 e. The number of amides is 2. The molecule has 0 radical (unpaired) electrons. The normalized spacial score (nSPS) is 18.0. The average Bonchev–Trinajstić information content (AvgIpc) is 3.64. The molecule has 0 bridgehead atoms. The van der Waals surface area contributed by atoms with Crippen LogP contribution in [0.25, 0.3) is 0 Å². The van der Waals surface area contributed by atoms with Crippen LogP contribution in [0, 0.1) is 17.2 Å². The number of Topliss-reactive ketones (excluding diaryl/α,β-unsaturated/α-hetero) is 1. The number of likely N-dealkylation sites (tertiary alicyclic amines) is 2. The highest BCUT2D eigenvalue weighted by Crippen LogP contribution is 2.26. The van der Waals surface area contributed by atoms with E-state index in [0.717, 1.165) is 51.1 Å². The number of anilines is 1. The molecule has 2 amide bonds.